The quantitative estimate of drug-likeness (QED) is 0.225. The van der Waals surface area contributed by atoms with E-state index in [0.29, 0.717) is 5.71 Å². The van der Waals surface area contributed by atoms with Crippen molar-refractivity contribution in [1.29, 1.82) is 0 Å². The third-order valence-electron chi connectivity index (χ3n) is 4.14. The highest BCUT2D eigenvalue weighted by molar-refractivity contribution is 7.85. The minimum atomic E-state index is -3.74. The number of hydrogen-bond acceptors (Lipinski definition) is 8. The van der Waals surface area contributed by atoms with Gasteiger partial charge < -0.3 is 9.47 Å². The van der Waals surface area contributed by atoms with Crippen LogP contribution in [0.4, 0.5) is 0 Å². The molecule has 2 aromatic rings. The monoisotopic (exact) mass is 447 g/mol. The van der Waals surface area contributed by atoms with E-state index in [9.17, 15) is 18.0 Å². The van der Waals surface area contributed by atoms with Gasteiger partial charge in [-0.3, -0.25) is 13.9 Å². The smallest absolute Gasteiger partial charge is 0.325 e. The largest absolute Gasteiger partial charge is 0.460 e. The van der Waals surface area contributed by atoms with Crippen molar-refractivity contribution in [3.05, 3.63) is 71.8 Å². The predicted molar refractivity (Wildman–Crippen MR) is 114 cm³/mol. The van der Waals surface area contributed by atoms with Crippen LogP contribution in [0.2, 0.25) is 0 Å². The molecule has 9 heteroatoms. The van der Waals surface area contributed by atoms with E-state index in [0.717, 1.165) is 17.4 Å². The molecular formula is C22H25NO7S. The van der Waals surface area contributed by atoms with Crippen molar-refractivity contribution in [2.45, 2.75) is 33.0 Å². The fourth-order valence-electron chi connectivity index (χ4n) is 2.52. The second kappa shape index (κ2) is 11.8. The van der Waals surface area contributed by atoms with Crippen molar-refractivity contribution in [3.63, 3.8) is 0 Å². The molecule has 0 unspecified atom stereocenters. The minimum absolute atomic E-state index is 0.0202. The molecule has 8 nitrogen and oxygen atoms in total. The number of oxime groups is 1. The molecule has 0 radical (unpaired) electrons. The van der Waals surface area contributed by atoms with Crippen LogP contribution in [0.3, 0.4) is 0 Å². The Morgan fingerprint density at radius 1 is 0.871 bits per heavy atom. The first-order chi connectivity index (χ1) is 14.7. The van der Waals surface area contributed by atoms with Crippen LogP contribution in [0, 0.1) is 5.92 Å². The Morgan fingerprint density at radius 2 is 1.32 bits per heavy atom. The van der Waals surface area contributed by atoms with Gasteiger partial charge in [-0.2, -0.15) is 8.42 Å². The van der Waals surface area contributed by atoms with Gasteiger partial charge in [0.1, 0.15) is 13.2 Å². The van der Waals surface area contributed by atoms with E-state index >= 15 is 0 Å². The van der Waals surface area contributed by atoms with Crippen molar-refractivity contribution in [3.8, 4) is 0 Å². The molecule has 2 aromatic carbocycles. The summed E-state index contributed by atoms with van der Waals surface area (Å²) >= 11 is 0. The summed E-state index contributed by atoms with van der Waals surface area (Å²) in [6.07, 6.45) is 1.04. The number of carbonyl (C=O) groups is 2. The molecule has 2 rings (SSSR count). The van der Waals surface area contributed by atoms with E-state index < -0.39 is 28.0 Å². The van der Waals surface area contributed by atoms with E-state index in [2.05, 4.69) is 9.44 Å². The number of carbonyl (C=O) groups excluding carboxylic acids is 2. The number of nitrogens with zero attached hydrogens (tertiary/aromatic N) is 1. The Hall–Kier alpha value is -3.20. The number of hydrogen-bond donors (Lipinski definition) is 0. The van der Waals surface area contributed by atoms with Gasteiger partial charge in [-0.05, 0) is 30.9 Å². The molecule has 0 saturated heterocycles. The second-order valence-corrected chi connectivity index (χ2v) is 8.44. The molecule has 0 heterocycles. The molecule has 0 aliphatic carbocycles. The lowest BCUT2D eigenvalue weighted by Crippen LogP contribution is -2.28. The zero-order valence-corrected chi connectivity index (χ0v) is 18.2. The van der Waals surface area contributed by atoms with Gasteiger partial charge in [-0.25, -0.2) is 0 Å². The van der Waals surface area contributed by atoms with Crippen molar-refractivity contribution in [2.75, 3.05) is 6.26 Å². The number of ether oxygens (including phenoxy) is 2. The van der Waals surface area contributed by atoms with Crippen LogP contribution in [0.15, 0.2) is 65.8 Å². The molecule has 0 amide bonds. The van der Waals surface area contributed by atoms with E-state index in [1.54, 1.807) is 24.3 Å². The van der Waals surface area contributed by atoms with E-state index in [4.69, 9.17) is 9.47 Å². The summed E-state index contributed by atoms with van der Waals surface area (Å²) in [5.41, 5.74) is 1.88. The second-order valence-electron chi connectivity index (χ2n) is 6.88. The molecule has 0 saturated carbocycles. The van der Waals surface area contributed by atoms with E-state index in [1.165, 1.54) is 6.92 Å². The van der Waals surface area contributed by atoms with Crippen LogP contribution in [-0.4, -0.2) is 32.3 Å². The van der Waals surface area contributed by atoms with Crippen LogP contribution in [0.25, 0.3) is 0 Å². The first-order valence-corrected chi connectivity index (χ1v) is 11.4. The van der Waals surface area contributed by atoms with Crippen molar-refractivity contribution in [1.82, 2.24) is 0 Å². The van der Waals surface area contributed by atoms with Gasteiger partial charge in [-0.15, -0.1) is 0 Å². The molecule has 0 aliphatic rings. The van der Waals surface area contributed by atoms with Gasteiger partial charge in [0.05, 0.1) is 12.0 Å². The summed E-state index contributed by atoms with van der Waals surface area (Å²) in [4.78, 5) is 25.2. The zero-order chi connectivity index (χ0) is 22.7. The van der Waals surface area contributed by atoms with Gasteiger partial charge in [0.25, 0.3) is 0 Å². The maximum Gasteiger partial charge on any atom is 0.325 e. The Morgan fingerprint density at radius 3 is 1.74 bits per heavy atom. The number of benzene rings is 2. The highest BCUT2D eigenvalue weighted by Crippen LogP contribution is 2.15. The van der Waals surface area contributed by atoms with Crippen LogP contribution >= 0.6 is 0 Å². The van der Waals surface area contributed by atoms with Crippen LogP contribution in [0.1, 0.15) is 30.9 Å². The maximum atomic E-state index is 12.6. The summed E-state index contributed by atoms with van der Waals surface area (Å²) in [7, 11) is -3.74. The zero-order valence-electron chi connectivity index (χ0n) is 17.4. The van der Waals surface area contributed by atoms with E-state index in [1.807, 2.05) is 36.4 Å². The molecule has 0 spiro atoms. The Labute approximate surface area is 181 Å². The van der Waals surface area contributed by atoms with E-state index in [-0.39, 0.29) is 26.1 Å². The lowest BCUT2D eigenvalue weighted by molar-refractivity contribution is -0.164. The molecule has 0 atom stereocenters. The third-order valence-corrected chi connectivity index (χ3v) is 4.49. The molecule has 31 heavy (non-hydrogen) atoms. The number of esters is 2. The molecule has 0 aliphatic heterocycles. The van der Waals surface area contributed by atoms with Crippen LogP contribution < -0.4 is 0 Å². The highest BCUT2D eigenvalue weighted by Gasteiger charge is 2.30. The molecule has 0 bridgehead atoms. The first-order valence-electron chi connectivity index (χ1n) is 9.58. The molecule has 0 aromatic heterocycles. The Bertz CT molecular complexity index is 934. The fraction of sp³-hybridized carbons (Fsp3) is 0.318. The van der Waals surface area contributed by atoms with Crippen molar-refractivity contribution >= 4 is 27.8 Å². The highest BCUT2D eigenvalue weighted by atomic mass is 32.2. The van der Waals surface area contributed by atoms with Gasteiger partial charge in [0.15, 0.2) is 5.92 Å². The van der Waals surface area contributed by atoms with Gasteiger partial charge in [0, 0.05) is 0 Å². The normalized spacial score (nSPS) is 11.8. The third kappa shape index (κ3) is 9.43. The van der Waals surface area contributed by atoms with Gasteiger partial charge >= 0.3 is 22.1 Å². The molecule has 0 fully saturated rings. The summed E-state index contributed by atoms with van der Waals surface area (Å²) in [6.45, 7) is 1.58. The summed E-state index contributed by atoms with van der Waals surface area (Å²) < 4.78 is 37.1. The fourth-order valence-corrected chi connectivity index (χ4v) is 2.78. The summed E-state index contributed by atoms with van der Waals surface area (Å²) in [6, 6.07) is 18.2. The predicted octanol–water partition coefficient (Wildman–Crippen LogP) is 3.22. The first kappa shape index (κ1) is 24.1. The average Bonchev–Trinajstić information content (AvgIpc) is 2.76. The molecule has 166 valence electrons. The minimum Gasteiger partial charge on any atom is -0.460 e. The summed E-state index contributed by atoms with van der Waals surface area (Å²) in [5, 5.41) is 3.50. The van der Waals surface area contributed by atoms with Crippen molar-refractivity contribution in [2.24, 2.45) is 11.1 Å². The topological polar surface area (TPSA) is 108 Å². The Balaban J connectivity index is 2.02. The molecule has 0 N–H and O–H groups in total. The SMILES string of the molecule is C/C(CCC(C(=O)OCc1ccccc1)C(=O)OCc1ccccc1)=N\OS(C)(=O)=O. The standard InChI is InChI=1S/C22H25NO7S/c1-17(23-30-31(2,26)27)13-14-20(21(24)28-15-18-9-5-3-6-10-18)22(25)29-16-19-11-7-4-8-12-19/h3-12,20H,13-16H2,1-2H3/b23-17+. The van der Waals surface area contributed by atoms with Gasteiger partial charge in [0.2, 0.25) is 0 Å². The lowest BCUT2D eigenvalue weighted by Gasteiger charge is -2.15. The Kier molecular flexibility index (Phi) is 9.20. The van der Waals surface area contributed by atoms with Crippen LogP contribution in [-0.2, 0) is 46.7 Å². The maximum absolute atomic E-state index is 12.6. The van der Waals surface area contributed by atoms with Crippen LogP contribution in [0.5, 0.6) is 0 Å². The van der Waals surface area contributed by atoms with Crippen molar-refractivity contribution < 1.29 is 31.8 Å². The number of rotatable bonds is 11. The average molecular weight is 448 g/mol. The molecular weight excluding hydrogens is 422 g/mol. The summed E-state index contributed by atoms with van der Waals surface area (Å²) in [5.74, 6) is -2.63. The van der Waals surface area contributed by atoms with Gasteiger partial charge in [-0.1, -0.05) is 65.8 Å². The lowest BCUT2D eigenvalue weighted by atomic mass is 10.0.